The number of anilines is 2. The lowest BCUT2D eigenvalue weighted by Gasteiger charge is -2.14. The predicted molar refractivity (Wildman–Crippen MR) is 106 cm³/mol. The van der Waals surface area contributed by atoms with Crippen molar-refractivity contribution < 1.29 is 0 Å². The molecule has 0 unspecified atom stereocenters. The number of nitrogen functional groups attached to an aromatic ring is 2. The van der Waals surface area contributed by atoms with Crippen LogP contribution >= 0.6 is 27.7 Å². The Morgan fingerprint density at radius 3 is 2.23 bits per heavy atom. The standard InChI is InChI=1S/C19H12BrN5S/c20-14-6-2-1-5-11(14)17-12(9-21)18(24)25-19(13(17)10-22)26-16-8-4-3-7-15(16)23/h1-8H,23H2,(H2,24,25). The van der Waals surface area contributed by atoms with Crippen molar-refractivity contribution in [2.45, 2.75) is 9.92 Å². The van der Waals surface area contributed by atoms with E-state index in [4.69, 9.17) is 11.5 Å². The summed E-state index contributed by atoms with van der Waals surface area (Å²) in [6, 6.07) is 18.9. The second-order valence-corrected chi connectivity index (χ2v) is 7.16. The van der Waals surface area contributed by atoms with Crippen molar-refractivity contribution in [3.8, 4) is 23.3 Å². The highest BCUT2D eigenvalue weighted by Crippen LogP contribution is 2.41. The van der Waals surface area contributed by atoms with Crippen LogP contribution in [0.4, 0.5) is 11.5 Å². The van der Waals surface area contributed by atoms with Gasteiger partial charge in [0, 0.05) is 20.6 Å². The summed E-state index contributed by atoms with van der Waals surface area (Å²) in [7, 11) is 0. The molecule has 0 radical (unpaired) electrons. The van der Waals surface area contributed by atoms with Crippen LogP contribution in [0.5, 0.6) is 0 Å². The summed E-state index contributed by atoms with van der Waals surface area (Å²) in [5, 5.41) is 19.8. The highest BCUT2D eigenvalue weighted by Gasteiger charge is 2.22. The van der Waals surface area contributed by atoms with E-state index in [9.17, 15) is 10.5 Å². The largest absolute Gasteiger partial charge is 0.398 e. The van der Waals surface area contributed by atoms with E-state index < -0.39 is 0 Å². The number of hydrogen-bond donors (Lipinski definition) is 2. The van der Waals surface area contributed by atoms with Crippen LogP contribution in [-0.2, 0) is 0 Å². The number of hydrogen-bond acceptors (Lipinski definition) is 6. The molecular formula is C19H12BrN5S. The molecule has 0 spiro atoms. The van der Waals surface area contributed by atoms with E-state index >= 15 is 0 Å². The van der Waals surface area contributed by atoms with Crippen molar-refractivity contribution in [2.24, 2.45) is 0 Å². The van der Waals surface area contributed by atoms with Crippen molar-refractivity contribution in [3.63, 3.8) is 0 Å². The summed E-state index contributed by atoms with van der Waals surface area (Å²) in [6.45, 7) is 0. The molecule has 5 nitrogen and oxygen atoms in total. The molecule has 0 aliphatic rings. The van der Waals surface area contributed by atoms with Gasteiger partial charge in [-0.3, -0.25) is 0 Å². The zero-order valence-corrected chi connectivity index (χ0v) is 15.8. The fourth-order valence-electron chi connectivity index (χ4n) is 2.48. The molecule has 7 heteroatoms. The average Bonchev–Trinajstić information content (AvgIpc) is 2.63. The summed E-state index contributed by atoms with van der Waals surface area (Å²) < 4.78 is 0.758. The Bertz CT molecular complexity index is 1080. The summed E-state index contributed by atoms with van der Waals surface area (Å²) in [4.78, 5) is 5.05. The molecule has 1 aromatic heterocycles. The van der Waals surface area contributed by atoms with Crippen LogP contribution in [-0.4, -0.2) is 4.98 Å². The number of nitriles is 2. The van der Waals surface area contributed by atoms with Gasteiger partial charge >= 0.3 is 0 Å². The number of rotatable bonds is 3. The number of nitrogens with zero attached hydrogens (tertiary/aromatic N) is 3. The molecule has 26 heavy (non-hydrogen) atoms. The van der Waals surface area contributed by atoms with Gasteiger partial charge in [-0.1, -0.05) is 58.0 Å². The van der Waals surface area contributed by atoms with Crippen LogP contribution in [0.15, 0.2) is 62.9 Å². The molecule has 0 saturated heterocycles. The Kier molecular flexibility index (Phi) is 5.13. The Morgan fingerprint density at radius 1 is 0.923 bits per heavy atom. The molecule has 0 amide bonds. The molecule has 4 N–H and O–H groups in total. The maximum absolute atomic E-state index is 9.81. The van der Waals surface area contributed by atoms with Gasteiger partial charge in [-0.15, -0.1) is 0 Å². The third-order valence-electron chi connectivity index (χ3n) is 3.68. The minimum absolute atomic E-state index is 0.0780. The van der Waals surface area contributed by atoms with E-state index in [1.54, 1.807) is 6.07 Å². The first-order chi connectivity index (χ1) is 12.6. The molecule has 0 fully saturated rings. The number of aromatic nitrogens is 1. The van der Waals surface area contributed by atoms with Crippen molar-refractivity contribution in [3.05, 3.63) is 64.1 Å². The quantitative estimate of drug-likeness (QED) is 0.598. The lowest BCUT2D eigenvalue weighted by Crippen LogP contribution is -2.03. The second kappa shape index (κ2) is 7.49. The van der Waals surface area contributed by atoms with Crippen molar-refractivity contribution >= 4 is 39.2 Å². The third kappa shape index (κ3) is 3.23. The molecule has 3 aromatic rings. The van der Waals surface area contributed by atoms with Gasteiger partial charge in [0.15, 0.2) is 0 Å². The van der Waals surface area contributed by atoms with Gasteiger partial charge in [0.25, 0.3) is 0 Å². The summed E-state index contributed by atoms with van der Waals surface area (Å²) in [6.07, 6.45) is 0. The van der Waals surface area contributed by atoms with Gasteiger partial charge in [0.2, 0.25) is 0 Å². The van der Waals surface area contributed by atoms with Crippen LogP contribution in [0.25, 0.3) is 11.1 Å². The van der Waals surface area contributed by atoms with Crippen molar-refractivity contribution in [1.82, 2.24) is 4.98 Å². The molecule has 3 rings (SSSR count). The average molecular weight is 422 g/mol. The van der Waals surface area contributed by atoms with Crippen molar-refractivity contribution in [1.29, 1.82) is 10.5 Å². The van der Waals surface area contributed by atoms with E-state index in [1.165, 1.54) is 11.8 Å². The number of nitrogens with two attached hydrogens (primary N) is 2. The van der Waals surface area contributed by atoms with E-state index in [-0.39, 0.29) is 16.9 Å². The Labute approximate surface area is 163 Å². The topological polar surface area (TPSA) is 113 Å². The highest BCUT2D eigenvalue weighted by atomic mass is 79.9. The van der Waals surface area contributed by atoms with Crippen LogP contribution in [0.3, 0.4) is 0 Å². The molecule has 0 aliphatic carbocycles. The lowest BCUT2D eigenvalue weighted by atomic mass is 9.97. The minimum Gasteiger partial charge on any atom is -0.398 e. The monoisotopic (exact) mass is 421 g/mol. The number of para-hydroxylation sites is 1. The van der Waals surface area contributed by atoms with E-state index in [1.807, 2.05) is 42.5 Å². The zero-order chi connectivity index (χ0) is 18.7. The van der Waals surface area contributed by atoms with Crippen LogP contribution < -0.4 is 11.5 Å². The predicted octanol–water partition coefficient (Wildman–Crippen LogP) is 4.57. The molecule has 126 valence electrons. The fourth-order valence-corrected chi connectivity index (χ4v) is 3.90. The van der Waals surface area contributed by atoms with E-state index in [0.29, 0.717) is 21.8 Å². The second-order valence-electron chi connectivity index (χ2n) is 5.27. The molecule has 0 saturated carbocycles. The highest BCUT2D eigenvalue weighted by molar-refractivity contribution is 9.10. The van der Waals surface area contributed by atoms with Gasteiger partial charge in [0.1, 0.15) is 28.5 Å². The SMILES string of the molecule is N#Cc1c(N)nc(Sc2ccccc2N)c(C#N)c1-c1ccccc1Br. The van der Waals surface area contributed by atoms with Gasteiger partial charge in [-0.25, -0.2) is 4.98 Å². The third-order valence-corrected chi connectivity index (χ3v) is 5.46. The maximum atomic E-state index is 9.81. The summed E-state index contributed by atoms with van der Waals surface area (Å²) in [5.74, 6) is 0.0780. The molecule has 0 bridgehead atoms. The molecule has 2 aromatic carbocycles. The molecule has 1 heterocycles. The number of pyridine rings is 1. The number of benzene rings is 2. The first-order valence-corrected chi connectivity index (χ1v) is 9.08. The van der Waals surface area contributed by atoms with E-state index in [2.05, 4.69) is 33.1 Å². The smallest absolute Gasteiger partial charge is 0.143 e. The normalized spacial score (nSPS) is 10.1. The number of halogens is 1. The van der Waals surface area contributed by atoms with Crippen molar-refractivity contribution in [2.75, 3.05) is 11.5 Å². The minimum atomic E-state index is 0.0780. The first-order valence-electron chi connectivity index (χ1n) is 7.47. The molecule has 0 aliphatic heterocycles. The van der Waals surface area contributed by atoms with Gasteiger partial charge in [-0.05, 0) is 23.8 Å². The van der Waals surface area contributed by atoms with Gasteiger partial charge in [-0.2, -0.15) is 10.5 Å². The van der Waals surface area contributed by atoms with Gasteiger partial charge in [0.05, 0.1) is 5.56 Å². The summed E-state index contributed by atoms with van der Waals surface area (Å²) in [5.41, 5.74) is 14.3. The Morgan fingerprint density at radius 2 is 1.58 bits per heavy atom. The molecular weight excluding hydrogens is 410 g/mol. The lowest BCUT2D eigenvalue weighted by molar-refractivity contribution is 1.11. The first kappa shape index (κ1) is 17.8. The maximum Gasteiger partial charge on any atom is 0.143 e. The van der Waals surface area contributed by atoms with Crippen LogP contribution in [0.2, 0.25) is 0 Å². The zero-order valence-electron chi connectivity index (χ0n) is 13.4. The fraction of sp³-hybridized carbons (Fsp3) is 0. The van der Waals surface area contributed by atoms with Crippen LogP contribution in [0.1, 0.15) is 11.1 Å². The van der Waals surface area contributed by atoms with Crippen LogP contribution in [0, 0.1) is 22.7 Å². The van der Waals surface area contributed by atoms with E-state index in [0.717, 1.165) is 9.37 Å². The Hall–Kier alpha value is -3.00. The molecule has 0 atom stereocenters. The summed E-state index contributed by atoms with van der Waals surface area (Å²) >= 11 is 4.73. The van der Waals surface area contributed by atoms with Gasteiger partial charge < -0.3 is 11.5 Å². The Balaban J connectivity index is 2.29.